The number of likely N-dealkylation sites (tertiary alicyclic amines) is 1. The van der Waals surface area contributed by atoms with Crippen LogP contribution in [0.3, 0.4) is 0 Å². The normalized spacial score (nSPS) is 24.0. The Balaban J connectivity index is 1.90. The Morgan fingerprint density at radius 1 is 1.50 bits per heavy atom. The molecule has 1 saturated heterocycles. The van der Waals surface area contributed by atoms with Crippen molar-refractivity contribution in [2.45, 2.75) is 24.8 Å². The minimum atomic E-state index is 0.333. The van der Waals surface area contributed by atoms with E-state index in [9.17, 15) is 0 Å². The largest absolute Gasteiger partial charge is 0.297 e. The lowest BCUT2D eigenvalue weighted by atomic mass is 10.1. The van der Waals surface area contributed by atoms with Crippen molar-refractivity contribution in [2.24, 2.45) is 0 Å². The first-order chi connectivity index (χ1) is 6.74. The maximum absolute atomic E-state index is 6.12. The molecular formula is C10H13Cl2NS. The van der Waals surface area contributed by atoms with E-state index in [-0.39, 0.29) is 0 Å². The summed E-state index contributed by atoms with van der Waals surface area (Å²) in [5.74, 6) is 0. The van der Waals surface area contributed by atoms with Crippen LogP contribution in [0.1, 0.15) is 17.7 Å². The Labute approximate surface area is 98.6 Å². The van der Waals surface area contributed by atoms with Gasteiger partial charge in [0.15, 0.2) is 0 Å². The summed E-state index contributed by atoms with van der Waals surface area (Å²) in [7, 11) is 0. The van der Waals surface area contributed by atoms with Gasteiger partial charge in [0, 0.05) is 23.3 Å². The zero-order valence-electron chi connectivity index (χ0n) is 7.88. The summed E-state index contributed by atoms with van der Waals surface area (Å²) in [6, 6.07) is 4.06. The molecule has 1 fully saturated rings. The van der Waals surface area contributed by atoms with Gasteiger partial charge in [-0.15, -0.1) is 22.9 Å². The first-order valence-corrected chi connectivity index (χ1v) is 6.48. The molecule has 14 heavy (non-hydrogen) atoms. The Hall–Kier alpha value is 0.240. The van der Waals surface area contributed by atoms with Crippen molar-refractivity contribution >= 4 is 34.5 Å². The van der Waals surface area contributed by atoms with Crippen LogP contribution in [0, 0.1) is 0 Å². The van der Waals surface area contributed by atoms with Crippen LogP contribution >= 0.6 is 34.5 Å². The molecular weight excluding hydrogens is 237 g/mol. The minimum Gasteiger partial charge on any atom is -0.297 e. The maximum atomic E-state index is 6.12. The molecule has 78 valence electrons. The van der Waals surface area contributed by atoms with Gasteiger partial charge in [-0.25, -0.2) is 0 Å². The number of piperidine rings is 1. The highest BCUT2D eigenvalue weighted by Crippen LogP contribution is 2.24. The molecule has 1 aliphatic rings. The summed E-state index contributed by atoms with van der Waals surface area (Å²) in [4.78, 5) is 3.74. The van der Waals surface area contributed by atoms with Gasteiger partial charge >= 0.3 is 0 Å². The fourth-order valence-corrected chi connectivity index (χ4v) is 3.28. The molecule has 1 nitrogen and oxygen atoms in total. The second-order valence-corrected chi connectivity index (χ2v) is 6.10. The van der Waals surface area contributed by atoms with E-state index in [4.69, 9.17) is 23.2 Å². The van der Waals surface area contributed by atoms with E-state index in [0.29, 0.717) is 5.38 Å². The lowest BCUT2D eigenvalue weighted by Gasteiger charge is -2.29. The third-order valence-electron chi connectivity index (χ3n) is 2.46. The van der Waals surface area contributed by atoms with Crippen molar-refractivity contribution in [1.29, 1.82) is 0 Å². The van der Waals surface area contributed by atoms with E-state index in [0.717, 1.165) is 23.8 Å². The molecule has 4 heteroatoms. The number of hydrogen-bond acceptors (Lipinski definition) is 2. The first-order valence-electron chi connectivity index (χ1n) is 4.84. The topological polar surface area (TPSA) is 3.24 Å². The van der Waals surface area contributed by atoms with Gasteiger partial charge in [-0.2, -0.15) is 0 Å². The number of hydrogen-bond donors (Lipinski definition) is 0. The van der Waals surface area contributed by atoms with Crippen LogP contribution < -0.4 is 0 Å². The molecule has 2 rings (SSSR count). The van der Waals surface area contributed by atoms with Crippen molar-refractivity contribution in [2.75, 3.05) is 13.1 Å². The predicted molar refractivity (Wildman–Crippen MR) is 63.5 cm³/mol. The van der Waals surface area contributed by atoms with Gasteiger partial charge in [0.25, 0.3) is 0 Å². The SMILES string of the molecule is Clc1ccc(CN2CCCC(Cl)C2)s1. The highest BCUT2D eigenvalue weighted by Gasteiger charge is 2.17. The number of alkyl halides is 1. The van der Waals surface area contributed by atoms with Gasteiger partial charge in [-0.3, -0.25) is 4.90 Å². The Kier molecular flexibility index (Phi) is 3.72. The second-order valence-electron chi connectivity index (χ2n) is 3.68. The van der Waals surface area contributed by atoms with Crippen molar-refractivity contribution in [3.8, 4) is 0 Å². The molecule has 0 amide bonds. The van der Waals surface area contributed by atoms with E-state index < -0.39 is 0 Å². The van der Waals surface area contributed by atoms with Crippen molar-refractivity contribution in [3.63, 3.8) is 0 Å². The highest BCUT2D eigenvalue weighted by molar-refractivity contribution is 7.16. The predicted octanol–water partition coefficient (Wildman–Crippen LogP) is 3.60. The van der Waals surface area contributed by atoms with Gasteiger partial charge in [0.1, 0.15) is 0 Å². The first kappa shape index (κ1) is 10.7. The summed E-state index contributed by atoms with van der Waals surface area (Å²) >= 11 is 13.7. The molecule has 1 aromatic rings. The van der Waals surface area contributed by atoms with Crippen LogP contribution in [0.25, 0.3) is 0 Å². The van der Waals surface area contributed by atoms with E-state index in [1.165, 1.54) is 17.8 Å². The highest BCUT2D eigenvalue weighted by atomic mass is 35.5. The molecule has 1 aliphatic heterocycles. The fraction of sp³-hybridized carbons (Fsp3) is 0.600. The average Bonchev–Trinajstić information content (AvgIpc) is 2.51. The number of halogens is 2. The molecule has 0 radical (unpaired) electrons. The van der Waals surface area contributed by atoms with Gasteiger partial charge < -0.3 is 0 Å². The molecule has 0 bridgehead atoms. The summed E-state index contributed by atoms with van der Waals surface area (Å²) in [5, 5.41) is 0.333. The molecule has 0 saturated carbocycles. The van der Waals surface area contributed by atoms with Crippen LogP contribution in [0.15, 0.2) is 12.1 Å². The smallest absolute Gasteiger partial charge is 0.0931 e. The Bertz CT molecular complexity index is 300. The van der Waals surface area contributed by atoms with Crippen molar-refractivity contribution < 1.29 is 0 Å². The van der Waals surface area contributed by atoms with Crippen molar-refractivity contribution in [3.05, 3.63) is 21.3 Å². The standard InChI is InChI=1S/C10H13Cl2NS/c11-8-2-1-5-13(6-8)7-9-3-4-10(12)14-9/h3-4,8H,1-2,5-7H2. The number of rotatable bonds is 2. The quantitative estimate of drug-likeness (QED) is 0.725. The molecule has 0 aliphatic carbocycles. The van der Waals surface area contributed by atoms with E-state index in [1.54, 1.807) is 11.3 Å². The van der Waals surface area contributed by atoms with Gasteiger partial charge in [0.05, 0.1) is 4.34 Å². The fourth-order valence-electron chi connectivity index (χ4n) is 1.80. The molecule has 1 aromatic heterocycles. The molecule has 1 atom stereocenters. The molecule has 0 spiro atoms. The zero-order chi connectivity index (χ0) is 9.97. The van der Waals surface area contributed by atoms with Crippen LogP contribution in [0.4, 0.5) is 0 Å². The summed E-state index contributed by atoms with van der Waals surface area (Å²) in [5.41, 5.74) is 0. The van der Waals surface area contributed by atoms with Gasteiger partial charge in [0.2, 0.25) is 0 Å². The van der Waals surface area contributed by atoms with Crippen LogP contribution in [-0.4, -0.2) is 23.4 Å². The van der Waals surface area contributed by atoms with Crippen molar-refractivity contribution in [1.82, 2.24) is 4.90 Å². The Morgan fingerprint density at radius 2 is 2.36 bits per heavy atom. The maximum Gasteiger partial charge on any atom is 0.0931 e. The van der Waals surface area contributed by atoms with E-state index in [1.807, 2.05) is 6.07 Å². The lowest BCUT2D eigenvalue weighted by Crippen LogP contribution is -2.35. The lowest BCUT2D eigenvalue weighted by molar-refractivity contribution is 0.226. The number of nitrogens with zero attached hydrogens (tertiary/aromatic N) is 1. The van der Waals surface area contributed by atoms with E-state index in [2.05, 4.69) is 11.0 Å². The average molecular weight is 250 g/mol. The van der Waals surface area contributed by atoms with Crippen LogP contribution in [0.2, 0.25) is 4.34 Å². The number of thiophene rings is 1. The van der Waals surface area contributed by atoms with Gasteiger partial charge in [-0.05, 0) is 31.5 Å². The molecule has 1 unspecified atom stereocenters. The minimum absolute atomic E-state index is 0.333. The summed E-state index contributed by atoms with van der Waals surface area (Å²) < 4.78 is 0.874. The molecule has 0 N–H and O–H groups in total. The summed E-state index contributed by atoms with van der Waals surface area (Å²) in [6.07, 6.45) is 2.37. The third-order valence-corrected chi connectivity index (χ3v) is 4.03. The molecule has 2 heterocycles. The summed E-state index contributed by atoms with van der Waals surface area (Å²) in [6.45, 7) is 3.18. The molecule has 0 aromatic carbocycles. The third kappa shape index (κ3) is 2.86. The Morgan fingerprint density at radius 3 is 3.00 bits per heavy atom. The van der Waals surface area contributed by atoms with Gasteiger partial charge in [-0.1, -0.05) is 11.6 Å². The monoisotopic (exact) mass is 249 g/mol. The van der Waals surface area contributed by atoms with Crippen LogP contribution in [-0.2, 0) is 6.54 Å². The zero-order valence-corrected chi connectivity index (χ0v) is 10.2. The van der Waals surface area contributed by atoms with Crippen LogP contribution in [0.5, 0.6) is 0 Å². The van der Waals surface area contributed by atoms with E-state index >= 15 is 0 Å². The second kappa shape index (κ2) is 4.84.